The summed E-state index contributed by atoms with van der Waals surface area (Å²) in [4.78, 5) is 12.0. The van der Waals surface area contributed by atoms with E-state index < -0.39 is 0 Å². The Labute approximate surface area is 154 Å². The molecule has 4 rings (SSSR count). The molecule has 1 aromatic heterocycles. The van der Waals surface area contributed by atoms with Crippen LogP contribution in [0.2, 0.25) is 0 Å². The Hall–Kier alpha value is -2.34. The molecular weight excluding hydrogens is 328 g/mol. The third-order valence-corrected chi connectivity index (χ3v) is 5.03. The molecule has 6 heteroatoms. The second-order valence-electron chi connectivity index (χ2n) is 6.84. The summed E-state index contributed by atoms with van der Waals surface area (Å²) in [6.07, 6.45) is 2.89. The van der Waals surface area contributed by atoms with E-state index in [1.807, 2.05) is 19.1 Å². The molecule has 6 nitrogen and oxygen atoms in total. The molecule has 0 unspecified atom stereocenters. The number of benzene rings is 1. The zero-order chi connectivity index (χ0) is 17.9. The van der Waals surface area contributed by atoms with E-state index in [1.54, 1.807) is 7.11 Å². The van der Waals surface area contributed by atoms with Crippen LogP contribution in [0.4, 0.5) is 5.82 Å². The van der Waals surface area contributed by atoms with Gasteiger partial charge in [-0.2, -0.15) is 0 Å². The first-order valence-electron chi connectivity index (χ1n) is 9.37. The third kappa shape index (κ3) is 3.33. The fourth-order valence-corrected chi connectivity index (χ4v) is 3.81. The molecule has 0 atom stereocenters. The number of nitrogens with zero attached hydrogens (tertiary/aromatic N) is 3. The standard InChI is InChI=1S/C20H26N4O2/c1-14-22-17-8-10-21-9-7-16(17)20(23-14)24-11-4-12-26-19-15(13-24)5-3-6-18(19)25-2/h3,5-6,21H,4,7-13H2,1-2H3. The SMILES string of the molecule is COc1cccc2c1OCCCN(c1nc(C)nc3c1CCNCC3)C2. The van der Waals surface area contributed by atoms with Crippen molar-refractivity contribution in [2.24, 2.45) is 0 Å². The lowest BCUT2D eigenvalue weighted by Crippen LogP contribution is -2.30. The first kappa shape index (κ1) is 17.1. The Bertz CT molecular complexity index is 794. The van der Waals surface area contributed by atoms with E-state index in [0.717, 1.165) is 74.1 Å². The molecule has 2 aliphatic heterocycles. The molecule has 1 aromatic carbocycles. The van der Waals surface area contributed by atoms with Crippen molar-refractivity contribution >= 4 is 5.82 Å². The van der Waals surface area contributed by atoms with E-state index in [-0.39, 0.29) is 0 Å². The average Bonchev–Trinajstić information content (AvgIpc) is 2.86. The minimum absolute atomic E-state index is 0.678. The second kappa shape index (κ2) is 7.50. The second-order valence-corrected chi connectivity index (χ2v) is 6.84. The number of ether oxygens (including phenoxy) is 2. The van der Waals surface area contributed by atoms with Gasteiger partial charge in [-0.1, -0.05) is 12.1 Å². The zero-order valence-electron chi connectivity index (χ0n) is 15.5. The van der Waals surface area contributed by atoms with Gasteiger partial charge in [0.05, 0.1) is 19.4 Å². The van der Waals surface area contributed by atoms with Gasteiger partial charge in [0.2, 0.25) is 0 Å². The van der Waals surface area contributed by atoms with Crippen molar-refractivity contribution in [2.45, 2.75) is 32.7 Å². The highest BCUT2D eigenvalue weighted by Crippen LogP contribution is 2.35. The number of rotatable bonds is 2. The molecule has 0 bridgehead atoms. The minimum atomic E-state index is 0.678. The van der Waals surface area contributed by atoms with Crippen molar-refractivity contribution in [2.75, 3.05) is 38.3 Å². The van der Waals surface area contributed by atoms with Crippen molar-refractivity contribution in [3.63, 3.8) is 0 Å². The largest absolute Gasteiger partial charge is 0.493 e. The van der Waals surface area contributed by atoms with Gasteiger partial charge in [0.25, 0.3) is 0 Å². The lowest BCUT2D eigenvalue weighted by atomic mass is 10.1. The van der Waals surface area contributed by atoms with Gasteiger partial charge in [0.15, 0.2) is 11.5 Å². The molecule has 3 heterocycles. The molecule has 0 amide bonds. The van der Waals surface area contributed by atoms with E-state index in [1.165, 1.54) is 11.3 Å². The maximum Gasteiger partial charge on any atom is 0.166 e. The van der Waals surface area contributed by atoms with Gasteiger partial charge in [0.1, 0.15) is 11.6 Å². The van der Waals surface area contributed by atoms with Crippen LogP contribution in [-0.4, -0.2) is 43.3 Å². The predicted octanol–water partition coefficient (Wildman–Crippen LogP) is 2.27. The van der Waals surface area contributed by atoms with Crippen LogP contribution in [0.3, 0.4) is 0 Å². The van der Waals surface area contributed by atoms with Crippen LogP contribution in [0.5, 0.6) is 11.5 Å². The van der Waals surface area contributed by atoms with Crippen LogP contribution in [0.1, 0.15) is 29.1 Å². The number of para-hydroxylation sites is 1. The van der Waals surface area contributed by atoms with Crippen LogP contribution in [0, 0.1) is 6.92 Å². The molecular formula is C20H26N4O2. The summed E-state index contributed by atoms with van der Waals surface area (Å²) in [7, 11) is 1.69. The summed E-state index contributed by atoms with van der Waals surface area (Å²) in [5, 5.41) is 3.47. The van der Waals surface area contributed by atoms with E-state index in [0.29, 0.717) is 6.61 Å². The summed E-state index contributed by atoms with van der Waals surface area (Å²) >= 11 is 0. The van der Waals surface area contributed by atoms with Crippen LogP contribution in [0.15, 0.2) is 18.2 Å². The van der Waals surface area contributed by atoms with Gasteiger partial charge in [-0.15, -0.1) is 0 Å². The Morgan fingerprint density at radius 3 is 2.96 bits per heavy atom. The molecule has 0 saturated carbocycles. The van der Waals surface area contributed by atoms with Crippen molar-refractivity contribution in [3.8, 4) is 11.5 Å². The van der Waals surface area contributed by atoms with Crippen molar-refractivity contribution in [3.05, 3.63) is 40.8 Å². The smallest absolute Gasteiger partial charge is 0.166 e. The predicted molar refractivity (Wildman–Crippen MR) is 101 cm³/mol. The Balaban J connectivity index is 1.75. The van der Waals surface area contributed by atoms with Gasteiger partial charge in [-0.3, -0.25) is 0 Å². The quantitative estimate of drug-likeness (QED) is 0.893. The first-order chi connectivity index (χ1) is 12.8. The summed E-state index contributed by atoms with van der Waals surface area (Å²) in [5.74, 6) is 3.60. The van der Waals surface area contributed by atoms with Crippen molar-refractivity contribution in [1.82, 2.24) is 15.3 Å². The fourth-order valence-electron chi connectivity index (χ4n) is 3.81. The van der Waals surface area contributed by atoms with Gasteiger partial charge in [0, 0.05) is 37.2 Å². The number of aryl methyl sites for hydroxylation is 1. The zero-order valence-corrected chi connectivity index (χ0v) is 15.5. The summed E-state index contributed by atoms with van der Waals surface area (Å²) in [6.45, 7) is 6.32. The monoisotopic (exact) mass is 354 g/mol. The normalized spacial score (nSPS) is 17.2. The highest BCUT2D eigenvalue weighted by Gasteiger charge is 2.23. The Morgan fingerprint density at radius 2 is 2.08 bits per heavy atom. The van der Waals surface area contributed by atoms with Gasteiger partial charge in [-0.25, -0.2) is 9.97 Å². The number of anilines is 1. The van der Waals surface area contributed by atoms with Crippen LogP contribution in [0.25, 0.3) is 0 Å². The number of fused-ring (bicyclic) bond motifs is 2. The molecule has 2 aliphatic rings. The van der Waals surface area contributed by atoms with E-state index in [4.69, 9.17) is 19.4 Å². The summed E-state index contributed by atoms with van der Waals surface area (Å²) < 4.78 is 11.5. The molecule has 0 spiro atoms. The lowest BCUT2D eigenvalue weighted by molar-refractivity contribution is 0.281. The molecule has 26 heavy (non-hydrogen) atoms. The summed E-state index contributed by atoms with van der Waals surface area (Å²) in [6, 6.07) is 6.10. The lowest BCUT2D eigenvalue weighted by Gasteiger charge is -2.30. The molecule has 138 valence electrons. The summed E-state index contributed by atoms with van der Waals surface area (Å²) in [5.41, 5.74) is 3.63. The number of hydrogen-bond acceptors (Lipinski definition) is 6. The maximum atomic E-state index is 6.00. The van der Waals surface area contributed by atoms with Gasteiger partial charge < -0.3 is 19.7 Å². The Kier molecular flexibility index (Phi) is 4.93. The molecule has 1 N–H and O–H groups in total. The number of methoxy groups -OCH3 is 1. The van der Waals surface area contributed by atoms with Crippen molar-refractivity contribution in [1.29, 1.82) is 0 Å². The van der Waals surface area contributed by atoms with Gasteiger partial charge >= 0.3 is 0 Å². The molecule has 2 aromatic rings. The number of aromatic nitrogens is 2. The maximum absolute atomic E-state index is 6.00. The van der Waals surface area contributed by atoms with E-state index in [2.05, 4.69) is 16.3 Å². The molecule has 0 aliphatic carbocycles. The van der Waals surface area contributed by atoms with Gasteiger partial charge in [-0.05, 0) is 32.4 Å². The minimum Gasteiger partial charge on any atom is -0.493 e. The molecule has 0 saturated heterocycles. The topological polar surface area (TPSA) is 59.5 Å². The number of hydrogen-bond donors (Lipinski definition) is 1. The van der Waals surface area contributed by atoms with Crippen LogP contribution in [-0.2, 0) is 19.4 Å². The van der Waals surface area contributed by atoms with Crippen molar-refractivity contribution < 1.29 is 9.47 Å². The van der Waals surface area contributed by atoms with E-state index in [9.17, 15) is 0 Å². The Morgan fingerprint density at radius 1 is 1.19 bits per heavy atom. The van der Waals surface area contributed by atoms with Crippen LogP contribution < -0.4 is 19.7 Å². The number of nitrogens with one attached hydrogen (secondary N) is 1. The van der Waals surface area contributed by atoms with E-state index >= 15 is 0 Å². The fraction of sp³-hybridized carbons (Fsp3) is 0.500. The third-order valence-electron chi connectivity index (χ3n) is 5.03. The first-order valence-corrected chi connectivity index (χ1v) is 9.37. The highest BCUT2D eigenvalue weighted by molar-refractivity contribution is 5.54. The highest BCUT2D eigenvalue weighted by atomic mass is 16.5. The average molecular weight is 354 g/mol. The molecule has 0 fully saturated rings. The molecule has 0 radical (unpaired) electrons. The van der Waals surface area contributed by atoms with Crippen LogP contribution >= 0.6 is 0 Å².